The largest absolute Gasteiger partial charge is 0.461 e. The molecular weight excluding hydrogens is 192 g/mol. The lowest BCUT2D eigenvalue weighted by molar-refractivity contribution is 0.0519. The number of esters is 1. The molecule has 0 aliphatic carbocycles. The van der Waals surface area contributed by atoms with Gasteiger partial charge in [0.25, 0.3) is 0 Å². The van der Waals surface area contributed by atoms with Crippen molar-refractivity contribution in [3.8, 4) is 11.8 Å². The van der Waals surface area contributed by atoms with Gasteiger partial charge in [0.15, 0.2) is 5.69 Å². The van der Waals surface area contributed by atoms with E-state index in [4.69, 9.17) is 4.74 Å². The summed E-state index contributed by atoms with van der Waals surface area (Å²) in [6, 6.07) is 1.60. The molecule has 0 aliphatic heterocycles. The van der Waals surface area contributed by atoms with Crippen LogP contribution in [-0.4, -0.2) is 22.8 Å². The van der Waals surface area contributed by atoms with Crippen molar-refractivity contribution in [2.75, 3.05) is 6.61 Å². The molecule has 0 bridgehead atoms. The highest BCUT2D eigenvalue weighted by Crippen LogP contribution is 2.00. The van der Waals surface area contributed by atoms with Crippen LogP contribution in [0, 0.1) is 11.8 Å². The summed E-state index contributed by atoms with van der Waals surface area (Å²) in [6.45, 7) is 4.17. The highest BCUT2D eigenvalue weighted by atomic mass is 16.5. The molecule has 0 fully saturated rings. The van der Waals surface area contributed by atoms with Crippen LogP contribution in [-0.2, 0) is 4.74 Å². The van der Waals surface area contributed by atoms with Crippen LogP contribution in [0.4, 0.5) is 0 Å². The smallest absolute Gasteiger partial charge is 0.358 e. The molecule has 0 saturated heterocycles. The van der Waals surface area contributed by atoms with Crippen molar-refractivity contribution in [2.45, 2.75) is 26.7 Å². The van der Waals surface area contributed by atoms with E-state index in [1.807, 2.05) is 0 Å². The van der Waals surface area contributed by atoms with Crippen molar-refractivity contribution >= 4 is 5.97 Å². The summed E-state index contributed by atoms with van der Waals surface area (Å²) in [4.78, 5) is 11.2. The first-order valence-electron chi connectivity index (χ1n) is 4.99. The van der Waals surface area contributed by atoms with Crippen LogP contribution >= 0.6 is 0 Å². The minimum absolute atomic E-state index is 0.276. The predicted octanol–water partition coefficient (Wildman–Crippen LogP) is 1.74. The maximum absolute atomic E-state index is 11.2. The van der Waals surface area contributed by atoms with Gasteiger partial charge in [0, 0.05) is 12.5 Å². The van der Waals surface area contributed by atoms with Crippen LogP contribution in [0.15, 0.2) is 6.07 Å². The summed E-state index contributed by atoms with van der Waals surface area (Å²) in [5, 5.41) is 6.49. The van der Waals surface area contributed by atoms with Gasteiger partial charge in [0.2, 0.25) is 0 Å². The van der Waals surface area contributed by atoms with E-state index in [0.29, 0.717) is 12.3 Å². The minimum Gasteiger partial charge on any atom is -0.461 e. The molecule has 0 aliphatic rings. The Hall–Kier alpha value is -1.76. The van der Waals surface area contributed by atoms with Gasteiger partial charge in [0.05, 0.1) is 6.61 Å². The molecule has 1 aromatic rings. The van der Waals surface area contributed by atoms with Crippen LogP contribution in [0.3, 0.4) is 0 Å². The Kier molecular flexibility index (Phi) is 4.42. The Bertz CT molecular complexity index is 385. The number of aromatic amines is 1. The van der Waals surface area contributed by atoms with Crippen LogP contribution in [0.2, 0.25) is 0 Å². The van der Waals surface area contributed by atoms with E-state index in [1.54, 1.807) is 13.0 Å². The Morgan fingerprint density at radius 2 is 2.40 bits per heavy atom. The SMILES string of the molecule is CCCC#Cc1cc(C(=O)OCC)n[nH]1. The summed E-state index contributed by atoms with van der Waals surface area (Å²) in [5.74, 6) is 5.43. The third-order valence-electron chi connectivity index (χ3n) is 1.66. The average molecular weight is 206 g/mol. The van der Waals surface area contributed by atoms with Crippen LogP contribution in [0.5, 0.6) is 0 Å². The van der Waals surface area contributed by atoms with E-state index in [-0.39, 0.29) is 5.69 Å². The Balaban J connectivity index is 2.65. The fraction of sp³-hybridized carbons (Fsp3) is 0.455. The number of nitrogens with zero attached hydrogens (tertiary/aromatic N) is 1. The molecule has 4 heteroatoms. The number of unbranched alkanes of at least 4 members (excludes halogenated alkanes) is 1. The molecule has 4 nitrogen and oxygen atoms in total. The molecule has 0 amide bonds. The number of hydrogen-bond acceptors (Lipinski definition) is 3. The fourth-order valence-corrected chi connectivity index (χ4v) is 0.978. The molecule has 1 N–H and O–H groups in total. The zero-order valence-corrected chi connectivity index (χ0v) is 8.96. The van der Waals surface area contributed by atoms with E-state index < -0.39 is 5.97 Å². The van der Waals surface area contributed by atoms with Gasteiger partial charge in [-0.1, -0.05) is 12.8 Å². The van der Waals surface area contributed by atoms with Gasteiger partial charge in [-0.15, -0.1) is 0 Å². The highest BCUT2D eigenvalue weighted by molar-refractivity contribution is 5.87. The Morgan fingerprint density at radius 1 is 1.60 bits per heavy atom. The standard InChI is InChI=1S/C11H14N2O2/c1-3-5-6-7-9-8-10(13-12-9)11(14)15-4-2/h8H,3-5H2,1-2H3,(H,12,13). The van der Waals surface area contributed by atoms with Gasteiger partial charge < -0.3 is 4.74 Å². The second kappa shape index (κ2) is 5.86. The maximum Gasteiger partial charge on any atom is 0.358 e. The second-order valence-electron chi connectivity index (χ2n) is 2.94. The molecule has 0 radical (unpaired) electrons. The van der Waals surface area contributed by atoms with Crippen molar-refractivity contribution in [1.82, 2.24) is 10.2 Å². The van der Waals surface area contributed by atoms with Crippen molar-refractivity contribution in [3.05, 3.63) is 17.5 Å². The lowest BCUT2D eigenvalue weighted by Gasteiger charge is -1.94. The molecule has 0 spiro atoms. The molecule has 0 saturated carbocycles. The highest BCUT2D eigenvalue weighted by Gasteiger charge is 2.09. The molecule has 15 heavy (non-hydrogen) atoms. The van der Waals surface area contributed by atoms with Crippen molar-refractivity contribution in [1.29, 1.82) is 0 Å². The van der Waals surface area contributed by atoms with Gasteiger partial charge in [-0.2, -0.15) is 5.10 Å². The average Bonchev–Trinajstić information content (AvgIpc) is 2.67. The molecule has 1 rings (SSSR count). The van der Waals surface area contributed by atoms with Crippen LogP contribution < -0.4 is 0 Å². The van der Waals surface area contributed by atoms with Crippen LogP contribution in [0.25, 0.3) is 0 Å². The monoisotopic (exact) mass is 206 g/mol. The third kappa shape index (κ3) is 3.47. The lowest BCUT2D eigenvalue weighted by atomic mass is 10.3. The van der Waals surface area contributed by atoms with E-state index in [1.165, 1.54) is 0 Å². The molecule has 80 valence electrons. The molecule has 0 aromatic carbocycles. The van der Waals surface area contributed by atoms with E-state index in [9.17, 15) is 4.79 Å². The number of ether oxygens (including phenoxy) is 1. The van der Waals surface area contributed by atoms with Gasteiger partial charge in [-0.25, -0.2) is 4.79 Å². The summed E-state index contributed by atoms with van der Waals surface area (Å²) in [6.07, 6.45) is 1.86. The normalized spacial score (nSPS) is 9.20. The predicted molar refractivity (Wildman–Crippen MR) is 56.3 cm³/mol. The molecule has 1 aromatic heterocycles. The Labute approximate surface area is 89.0 Å². The number of carbonyl (C=O) groups is 1. The molecule has 0 atom stereocenters. The molecule has 0 unspecified atom stereocenters. The molecule has 1 heterocycles. The number of H-pyrrole nitrogens is 1. The van der Waals surface area contributed by atoms with Gasteiger partial charge in [-0.05, 0) is 19.3 Å². The van der Waals surface area contributed by atoms with Crippen molar-refractivity contribution < 1.29 is 9.53 Å². The van der Waals surface area contributed by atoms with E-state index in [2.05, 4.69) is 29.0 Å². The van der Waals surface area contributed by atoms with Gasteiger partial charge in [0.1, 0.15) is 5.69 Å². The topological polar surface area (TPSA) is 55.0 Å². The summed E-state index contributed by atoms with van der Waals surface area (Å²) >= 11 is 0. The number of rotatable bonds is 3. The zero-order valence-electron chi connectivity index (χ0n) is 8.96. The number of aromatic nitrogens is 2. The second-order valence-corrected chi connectivity index (χ2v) is 2.94. The van der Waals surface area contributed by atoms with Crippen LogP contribution in [0.1, 0.15) is 42.9 Å². The third-order valence-corrected chi connectivity index (χ3v) is 1.66. The maximum atomic E-state index is 11.2. The number of hydrogen-bond donors (Lipinski definition) is 1. The zero-order chi connectivity index (χ0) is 11.1. The summed E-state index contributed by atoms with van der Waals surface area (Å²) in [5.41, 5.74) is 0.921. The number of nitrogens with one attached hydrogen (secondary N) is 1. The van der Waals surface area contributed by atoms with E-state index in [0.717, 1.165) is 12.8 Å². The summed E-state index contributed by atoms with van der Waals surface area (Å²) in [7, 11) is 0. The first-order chi connectivity index (χ1) is 7.27. The van der Waals surface area contributed by atoms with Crippen molar-refractivity contribution in [3.63, 3.8) is 0 Å². The number of carbonyl (C=O) groups excluding carboxylic acids is 1. The quantitative estimate of drug-likeness (QED) is 0.605. The summed E-state index contributed by atoms with van der Waals surface area (Å²) < 4.78 is 4.80. The van der Waals surface area contributed by atoms with Gasteiger partial charge >= 0.3 is 5.97 Å². The first kappa shape index (κ1) is 11.3. The van der Waals surface area contributed by atoms with Gasteiger partial charge in [-0.3, -0.25) is 5.10 Å². The first-order valence-corrected chi connectivity index (χ1v) is 4.99. The van der Waals surface area contributed by atoms with E-state index >= 15 is 0 Å². The molecular formula is C11H14N2O2. The van der Waals surface area contributed by atoms with Crippen molar-refractivity contribution in [2.24, 2.45) is 0 Å². The Morgan fingerprint density at radius 3 is 3.07 bits per heavy atom. The fourth-order valence-electron chi connectivity index (χ4n) is 0.978. The minimum atomic E-state index is -0.419. The lowest BCUT2D eigenvalue weighted by Crippen LogP contribution is -2.04.